The van der Waals surface area contributed by atoms with Crippen molar-refractivity contribution in [3.8, 4) is 0 Å². The summed E-state index contributed by atoms with van der Waals surface area (Å²) in [6.07, 6.45) is 16.3. The molecular formula is C32H71N3OSi. The van der Waals surface area contributed by atoms with Gasteiger partial charge in [0.05, 0.1) is 0 Å². The first kappa shape index (κ1) is 37.1. The molecule has 0 aliphatic rings. The van der Waals surface area contributed by atoms with Crippen LogP contribution < -0.4 is 0 Å². The Kier molecular flexibility index (Phi) is 25.1. The monoisotopic (exact) mass is 542 g/mol. The molecule has 0 amide bonds. The van der Waals surface area contributed by atoms with Crippen molar-refractivity contribution < 1.29 is 4.43 Å². The summed E-state index contributed by atoms with van der Waals surface area (Å²) in [5.74, 6) is 0. The first-order chi connectivity index (χ1) is 17.9. The van der Waals surface area contributed by atoms with Gasteiger partial charge < -0.3 is 19.1 Å². The van der Waals surface area contributed by atoms with Crippen LogP contribution in [0, 0.1) is 5.41 Å². The molecule has 0 N–H and O–H groups in total. The molecule has 0 aliphatic heterocycles. The lowest BCUT2D eigenvalue weighted by atomic mass is 9.76. The lowest BCUT2D eigenvalue weighted by Gasteiger charge is -2.37. The fraction of sp³-hybridized carbons (Fsp3) is 1.00. The zero-order valence-corrected chi connectivity index (χ0v) is 28.5. The normalized spacial score (nSPS) is 13.0. The van der Waals surface area contributed by atoms with E-state index in [-0.39, 0.29) is 0 Å². The van der Waals surface area contributed by atoms with Gasteiger partial charge in [0, 0.05) is 6.10 Å². The highest BCUT2D eigenvalue weighted by Gasteiger charge is 2.30. The zero-order valence-electron chi connectivity index (χ0n) is 27.1. The molecule has 0 rings (SSSR count). The molecule has 4 nitrogen and oxygen atoms in total. The van der Waals surface area contributed by atoms with E-state index >= 15 is 0 Å². The van der Waals surface area contributed by atoms with E-state index in [1.54, 1.807) is 0 Å². The minimum Gasteiger partial charge on any atom is -0.422 e. The van der Waals surface area contributed by atoms with Gasteiger partial charge in [-0.2, -0.15) is 0 Å². The van der Waals surface area contributed by atoms with E-state index in [2.05, 4.69) is 70.1 Å². The van der Waals surface area contributed by atoms with Gasteiger partial charge in [-0.05, 0) is 161 Å². The fourth-order valence-electron chi connectivity index (χ4n) is 6.20. The molecule has 0 spiro atoms. The standard InChI is InChI=1S/C32H71N3OSi/c1-9-21-33(22-10-2)27-15-18-32(30-37-36-31(7)8,19-16-28-34(23-11-3)24-12-4)20-17-29-35(25-13-5)26-14-6/h31H,9-30,37H2,1-8H3. The molecule has 37 heavy (non-hydrogen) atoms. The van der Waals surface area contributed by atoms with Crippen LogP contribution in [0.15, 0.2) is 0 Å². The highest BCUT2D eigenvalue weighted by Crippen LogP contribution is 2.39. The smallest absolute Gasteiger partial charge is 0.162 e. The van der Waals surface area contributed by atoms with Crippen LogP contribution >= 0.6 is 0 Å². The molecule has 5 heteroatoms. The van der Waals surface area contributed by atoms with Crippen LogP contribution in [0.1, 0.15) is 132 Å². The fourth-order valence-corrected chi connectivity index (χ4v) is 7.97. The van der Waals surface area contributed by atoms with Gasteiger partial charge in [-0.3, -0.25) is 0 Å². The highest BCUT2D eigenvalue weighted by molar-refractivity contribution is 6.27. The third-order valence-electron chi connectivity index (χ3n) is 7.87. The molecule has 0 atom stereocenters. The summed E-state index contributed by atoms with van der Waals surface area (Å²) in [4.78, 5) is 8.17. The number of hydrogen-bond donors (Lipinski definition) is 0. The van der Waals surface area contributed by atoms with E-state index in [1.165, 1.54) is 142 Å². The van der Waals surface area contributed by atoms with Gasteiger partial charge in [0.2, 0.25) is 0 Å². The molecule has 0 aromatic rings. The summed E-state index contributed by atoms with van der Waals surface area (Å²) >= 11 is 0. The number of hydrogen-bond acceptors (Lipinski definition) is 4. The van der Waals surface area contributed by atoms with Crippen molar-refractivity contribution in [3.63, 3.8) is 0 Å². The van der Waals surface area contributed by atoms with E-state index in [0.717, 1.165) is 0 Å². The second kappa shape index (κ2) is 25.1. The molecule has 0 radical (unpaired) electrons. The quantitative estimate of drug-likeness (QED) is 0.0949. The van der Waals surface area contributed by atoms with Gasteiger partial charge in [-0.15, -0.1) is 0 Å². The molecule has 224 valence electrons. The molecule has 0 aromatic heterocycles. The molecular weight excluding hydrogens is 470 g/mol. The largest absolute Gasteiger partial charge is 0.422 e. The van der Waals surface area contributed by atoms with Crippen LogP contribution in [-0.4, -0.2) is 89.5 Å². The van der Waals surface area contributed by atoms with Crippen molar-refractivity contribution in [2.75, 3.05) is 58.9 Å². The van der Waals surface area contributed by atoms with E-state index in [1.807, 2.05) is 0 Å². The maximum absolute atomic E-state index is 6.32. The van der Waals surface area contributed by atoms with Crippen molar-refractivity contribution in [2.45, 2.75) is 145 Å². The third kappa shape index (κ3) is 19.7. The number of nitrogens with zero attached hydrogens (tertiary/aromatic N) is 3. The Morgan fingerprint density at radius 3 is 1.05 bits per heavy atom. The van der Waals surface area contributed by atoms with Crippen LogP contribution in [0.4, 0.5) is 0 Å². The summed E-state index contributed by atoms with van der Waals surface area (Å²) in [5.41, 5.74) is 0.486. The molecule has 0 fully saturated rings. The molecule has 0 bridgehead atoms. The first-order valence-corrected chi connectivity index (χ1v) is 18.3. The zero-order chi connectivity index (χ0) is 27.8. The maximum atomic E-state index is 6.32. The minimum atomic E-state index is -0.481. The van der Waals surface area contributed by atoms with Crippen LogP contribution in [0.2, 0.25) is 6.04 Å². The molecule has 0 saturated carbocycles. The second-order valence-corrected chi connectivity index (χ2v) is 13.2. The first-order valence-electron chi connectivity index (χ1n) is 16.7. The second-order valence-electron chi connectivity index (χ2n) is 12.0. The predicted molar refractivity (Wildman–Crippen MR) is 171 cm³/mol. The SMILES string of the molecule is CCCN(CCC)CCCC(CCCN(CCC)CCC)(CCCN(CCC)CCC)C[SiH2]OC(C)C. The Labute approximate surface area is 237 Å². The van der Waals surface area contributed by atoms with Gasteiger partial charge in [0.15, 0.2) is 9.76 Å². The number of rotatable bonds is 28. The molecule has 0 aromatic carbocycles. The Bertz CT molecular complexity index is 404. The topological polar surface area (TPSA) is 19.0 Å². The lowest BCUT2D eigenvalue weighted by Crippen LogP contribution is -2.33. The van der Waals surface area contributed by atoms with Gasteiger partial charge >= 0.3 is 0 Å². The molecule has 0 aliphatic carbocycles. The summed E-state index contributed by atoms with van der Waals surface area (Å²) in [6, 6.07) is 1.37. The van der Waals surface area contributed by atoms with Gasteiger partial charge in [0.1, 0.15) is 0 Å². The third-order valence-corrected chi connectivity index (χ3v) is 10.0. The lowest BCUT2D eigenvalue weighted by molar-refractivity contribution is 0.166. The van der Waals surface area contributed by atoms with E-state index < -0.39 is 9.76 Å². The van der Waals surface area contributed by atoms with Crippen LogP contribution in [0.3, 0.4) is 0 Å². The Hall–Kier alpha value is 0.0569. The van der Waals surface area contributed by atoms with E-state index in [4.69, 9.17) is 4.43 Å². The van der Waals surface area contributed by atoms with Crippen LogP contribution in [-0.2, 0) is 4.43 Å². The van der Waals surface area contributed by atoms with Crippen molar-refractivity contribution in [3.05, 3.63) is 0 Å². The summed E-state index contributed by atoms with van der Waals surface area (Å²) < 4.78 is 6.32. The molecule has 0 unspecified atom stereocenters. The Morgan fingerprint density at radius 1 is 0.514 bits per heavy atom. The van der Waals surface area contributed by atoms with Gasteiger partial charge in [0.25, 0.3) is 0 Å². The summed E-state index contributed by atoms with van der Waals surface area (Å²) in [7, 11) is -0.481. The molecule has 0 heterocycles. The molecule has 0 saturated heterocycles. The van der Waals surface area contributed by atoms with Crippen molar-refractivity contribution in [1.29, 1.82) is 0 Å². The maximum Gasteiger partial charge on any atom is 0.162 e. The van der Waals surface area contributed by atoms with Crippen molar-refractivity contribution >= 4 is 9.76 Å². The van der Waals surface area contributed by atoms with Crippen molar-refractivity contribution in [2.24, 2.45) is 5.41 Å². The highest BCUT2D eigenvalue weighted by atomic mass is 28.2. The van der Waals surface area contributed by atoms with Gasteiger partial charge in [-0.25, -0.2) is 0 Å². The average molecular weight is 542 g/mol. The minimum absolute atomic E-state index is 0.392. The van der Waals surface area contributed by atoms with Crippen molar-refractivity contribution in [1.82, 2.24) is 14.7 Å². The van der Waals surface area contributed by atoms with Crippen LogP contribution in [0.25, 0.3) is 0 Å². The summed E-state index contributed by atoms with van der Waals surface area (Å²) in [5, 5.41) is 0. The summed E-state index contributed by atoms with van der Waals surface area (Å²) in [6.45, 7) is 29.9. The predicted octanol–water partition coefficient (Wildman–Crippen LogP) is 7.61. The van der Waals surface area contributed by atoms with Gasteiger partial charge in [-0.1, -0.05) is 41.5 Å². The van der Waals surface area contributed by atoms with E-state index in [9.17, 15) is 0 Å². The average Bonchev–Trinajstić information content (AvgIpc) is 2.84. The Morgan fingerprint density at radius 2 is 0.811 bits per heavy atom. The van der Waals surface area contributed by atoms with E-state index in [0.29, 0.717) is 11.5 Å². The Balaban J connectivity index is 5.48. The van der Waals surface area contributed by atoms with Crippen LogP contribution in [0.5, 0.6) is 0 Å².